The van der Waals surface area contributed by atoms with Crippen molar-refractivity contribution in [1.82, 2.24) is 30.2 Å². The van der Waals surface area contributed by atoms with Crippen LogP contribution in [-0.2, 0) is 29.1 Å². The Morgan fingerprint density at radius 1 is 0.915 bits per heavy atom. The molecule has 4 amide bonds. The van der Waals surface area contributed by atoms with E-state index in [0.29, 0.717) is 36.0 Å². The van der Waals surface area contributed by atoms with Crippen molar-refractivity contribution in [2.75, 3.05) is 6.54 Å². The van der Waals surface area contributed by atoms with Crippen molar-refractivity contribution < 1.29 is 41.5 Å². The average molecular weight is 845 g/mol. The highest BCUT2D eigenvalue weighted by Gasteiger charge is 2.62. The molecule has 17 heteroatoms. The van der Waals surface area contributed by atoms with E-state index in [2.05, 4.69) is 10.6 Å². The van der Waals surface area contributed by atoms with Gasteiger partial charge in [-0.05, 0) is 87.1 Å². The maximum atomic E-state index is 14.7. The summed E-state index contributed by atoms with van der Waals surface area (Å²) in [6.07, 6.45) is 8.37. The summed E-state index contributed by atoms with van der Waals surface area (Å²) >= 11 is 1.45. The van der Waals surface area contributed by atoms with Crippen LogP contribution in [0.25, 0.3) is 21.6 Å². The van der Waals surface area contributed by atoms with Gasteiger partial charge in [-0.3, -0.25) is 14.4 Å². The standard InChI is InChI=1S/C42H45FN6O8S2/c43-29-16-8-11-21-35(29)59(54,55)48-40(52)42-24-26(42)13-4-2-1-3-5-19-32(46-41(53)57-27-14-6-7-15-27)39(51)49-25-28(23-33(49)37(50)47-42)56-38-36(34-20-12-22-58-34)44-30-17-9-10-18-31(30)45-38/h4,8-13,16-18,20-22,26-28,32-33H,1-3,5-7,14-15,19,23-25H2,(H,46,53)(H,47,50)(H,48,52)/b13-4-/t26?,28-,32-,33+,42-/m1/s1. The Morgan fingerprint density at radius 3 is 2.42 bits per heavy atom. The summed E-state index contributed by atoms with van der Waals surface area (Å²) in [6.45, 7) is -0.0741. The maximum Gasteiger partial charge on any atom is 0.408 e. The summed E-state index contributed by atoms with van der Waals surface area (Å²) in [5.41, 5.74) is 0.0236. The number of hydrogen-bond acceptors (Lipinski definition) is 11. The molecule has 1 unspecified atom stereocenters. The van der Waals surface area contributed by atoms with Crippen LogP contribution in [0.3, 0.4) is 0 Å². The van der Waals surface area contributed by atoms with Gasteiger partial charge in [-0.2, -0.15) is 0 Å². The van der Waals surface area contributed by atoms with Crippen molar-refractivity contribution in [3.8, 4) is 16.5 Å². The fourth-order valence-electron chi connectivity index (χ4n) is 8.23. The number of benzene rings is 2. The summed E-state index contributed by atoms with van der Waals surface area (Å²) in [5.74, 6) is -3.68. The molecule has 4 aromatic rings. The lowest BCUT2D eigenvalue weighted by molar-refractivity contribution is -0.141. The molecule has 310 valence electrons. The second-order valence-corrected chi connectivity index (χ2v) is 18.1. The first kappa shape index (κ1) is 40.4. The lowest BCUT2D eigenvalue weighted by atomic mass is 10.0. The van der Waals surface area contributed by atoms with E-state index in [1.807, 2.05) is 46.5 Å². The van der Waals surface area contributed by atoms with E-state index in [4.69, 9.17) is 19.4 Å². The van der Waals surface area contributed by atoms with Crippen molar-refractivity contribution >= 4 is 56.2 Å². The zero-order valence-electron chi connectivity index (χ0n) is 32.2. The molecule has 3 N–H and O–H groups in total. The van der Waals surface area contributed by atoms with Gasteiger partial charge in [0.2, 0.25) is 17.7 Å². The lowest BCUT2D eigenvalue weighted by Crippen LogP contribution is -2.58. The second-order valence-electron chi connectivity index (χ2n) is 15.5. The molecule has 14 nitrogen and oxygen atoms in total. The first-order chi connectivity index (χ1) is 28.5. The third kappa shape index (κ3) is 8.81. The predicted molar refractivity (Wildman–Crippen MR) is 216 cm³/mol. The van der Waals surface area contributed by atoms with E-state index in [9.17, 15) is 32.0 Å². The molecule has 4 aliphatic rings. The number of sulfonamides is 1. The minimum Gasteiger partial charge on any atom is -0.471 e. The highest BCUT2D eigenvalue weighted by Crippen LogP contribution is 2.46. The van der Waals surface area contributed by atoms with E-state index in [0.717, 1.165) is 55.5 Å². The summed E-state index contributed by atoms with van der Waals surface area (Å²) in [7, 11) is -4.67. The minimum absolute atomic E-state index is 0.0269. The molecule has 2 aromatic heterocycles. The van der Waals surface area contributed by atoms with Crippen LogP contribution < -0.4 is 20.1 Å². The van der Waals surface area contributed by atoms with Crippen molar-refractivity contribution in [3.05, 3.63) is 84.0 Å². The van der Waals surface area contributed by atoms with E-state index < -0.39 is 74.2 Å². The number of alkyl carbamates (subject to hydrolysis) is 1. The Hall–Kier alpha value is -5.42. The maximum absolute atomic E-state index is 14.7. The van der Waals surface area contributed by atoms with Gasteiger partial charge >= 0.3 is 6.09 Å². The largest absolute Gasteiger partial charge is 0.471 e. The van der Waals surface area contributed by atoms with Gasteiger partial charge in [-0.25, -0.2) is 32.3 Å². The molecule has 8 rings (SSSR count). The number of thiophene rings is 1. The zero-order chi connectivity index (χ0) is 41.1. The Labute approximate surface area is 345 Å². The monoisotopic (exact) mass is 844 g/mol. The SMILES string of the molecule is O=C(N[C@@H]1CCCCC/C=C\C2C[C@@]2(C(=O)NS(=O)(=O)c2ccccc2F)NC(=O)[C@@H]2C[C@@H](Oc3nc4ccccc4nc3-c3cccs3)CN2C1=O)OC1CCCC1. The van der Waals surface area contributed by atoms with Crippen LogP contribution in [0.1, 0.15) is 70.6 Å². The van der Waals surface area contributed by atoms with Crippen molar-refractivity contribution in [1.29, 1.82) is 0 Å². The number of carbonyl (C=O) groups is 4. The molecule has 2 aromatic carbocycles. The lowest BCUT2D eigenvalue weighted by Gasteiger charge is -2.30. The van der Waals surface area contributed by atoms with Gasteiger partial charge in [0.05, 0.1) is 22.5 Å². The molecule has 2 aliphatic heterocycles. The molecule has 0 radical (unpaired) electrons. The number of nitrogens with zero attached hydrogens (tertiary/aromatic N) is 3. The summed E-state index contributed by atoms with van der Waals surface area (Å²) in [4.78, 5) is 67.6. The summed E-state index contributed by atoms with van der Waals surface area (Å²) in [6, 6.07) is 13.6. The van der Waals surface area contributed by atoms with Crippen molar-refractivity contribution in [3.63, 3.8) is 0 Å². The molecule has 2 saturated carbocycles. The smallest absolute Gasteiger partial charge is 0.408 e. The van der Waals surface area contributed by atoms with Crippen LogP contribution in [0.4, 0.5) is 9.18 Å². The number of nitrogens with one attached hydrogen (secondary N) is 3. The van der Waals surface area contributed by atoms with E-state index in [-0.39, 0.29) is 31.4 Å². The molecule has 3 fully saturated rings. The van der Waals surface area contributed by atoms with Crippen LogP contribution in [-0.4, -0.2) is 83.5 Å². The number of rotatable bonds is 8. The topological polar surface area (TPSA) is 186 Å². The number of fused-ring (bicyclic) bond motifs is 3. The number of allylic oxidation sites excluding steroid dienone is 1. The van der Waals surface area contributed by atoms with Crippen LogP contribution in [0.5, 0.6) is 5.88 Å². The number of hydrogen-bond donors (Lipinski definition) is 3. The van der Waals surface area contributed by atoms with Crippen molar-refractivity contribution in [2.45, 2.75) is 105 Å². The highest BCUT2D eigenvalue weighted by atomic mass is 32.2. The van der Waals surface area contributed by atoms with Gasteiger partial charge in [-0.1, -0.05) is 55.3 Å². The van der Waals surface area contributed by atoms with E-state index >= 15 is 0 Å². The normalized spacial score (nSPS) is 25.8. The minimum atomic E-state index is -4.67. The third-order valence-corrected chi connectivity index (χ3v) is 13.7. The van der Waals surface area contributed by atoms with Gasteiger partial charge < -0.3 is 25.0 Å². The average Bonchev–Trinajstić information content (AvgIpc) is 3.71. The zero-order valence-corrected chi connectivity index (χ0v) is 33.8. The van der Waals surface area contributed by atoms with Crippen LogP contribution in [0, 0.1) is 11.7 Å². The Bertz CT molecular complexity index is 2370. The van der Waals surface area contributed by atoms with E-state index in [1.165, 1.54) is 28.4 Å². The fourth-order valence-corrected chi connectivity index (χ4v) is 10.1. The fraction of sp³-hybridized carbons (Fsp3) is 0.429. The molecule has 0 spiro atoms. The van der Waals surface area contributed by atoms with Gasteiger partial charge in [-0.15, -0.1) is 11.3 Å². The number of para-hydroxylation sites is 2. The highest BCUT2D eigenvalue weighted by molar-refractivity contribution is 7.90. The third-order valence-electron chi connectivity index (χ3n) is 11.4. The first-order valence-corrected chi connectivity index (χ1v) is 22.4. The summed E-state index contributed by atoms with van der Waals surface area (Å²) in [5, 5.41) is 7.52. The van der Waals surface area contributed by atoms with Gasteiger partial charge in [0.1, 0.15) is 46.2 Å². The molecule has 1 saturated heterocycles. The van der Waals surface area contributed by atoms with Crippen LogP contribution in [0.15, 0.2) is 83.1 Å². The first-order valence-electron chi connectivity index (χ1n) is 20.1. The molecule has 2 aliphatic carbocycles. The number of carbonyl (C=O) groups excluding carboxylic acids is 4. The Kier molecular flexibility index (Phi) is 11.7. The molecular formula is C42H45FN6O8S2. The molecule has 59 heavy (non-hydrogen) atoms. The van der Waals surface area contributed by atoms with Crippen LogP contribution >= 0.6 is 11.3 Å². The van der Waals surface area contributed by atoms with Gasteiger partial charge in [0.15, 0.2) is 0 Å². The van der Waals surface area contributed by atoms with Crippen LogP contribution in [0.2, 0.25) is 0 Å². The number of ether oxygens (including phenoxy) is 2. The number of amides is 4. The predicted octanol–water partition coefficient (Wildman–Crippen LogP) is 5.78. The molecule has 0 bridgehead atoms. The van der Waals surface area contributed by atoms with E-state index in [1.54, 1.807) is 12.1 Å². The Morgan fingerprint density at radius 2 is 1.66 bits per heavy atom. The quantitative estimate of drug-likeness (QED) is 0.184. The van der Waals surface area contributed by atoms with Gasteiger partial charge in [0.25, 0.3) is 15.9 Å². The molecule has 4 heterocycles. The van der Waals surface area contributed by atoms with Crippen molar-refractivity contribution in [2.24, 2.45) is 5.92 Å². The number of halogens is 1. The molecular weight excluding hydrogens is 800 g/mol. The second kappa shape index (κ2) is 17.0. The summed E-state index contributed by atoms with van der Waals surface area (Å²) < 4.78 is 55.4. The Balaban J connectivity index is 1.11. The number of aromatic nitrogens is 2. The van der Waals surface area contributed by atoms with Gasteiger partial charge in [0, 0.05) is 12.3 Å². The molecule has 5 atom stereocenters.